The largest absolute Gasteiger partial charge is 0.300 e. The van der Waals surface area contributed by atoms with E-state index < -0.39 is 4.92 Å². The highest BCUT2D eigenvalue weighted by molar-refractivity contribution is 6.31. The van der Waals surface area contributed by atoms with Gasteiger partial charge in [0, 0.05) is 17.5 Å². The molecule has 0 bridgehead atoms. The summed E-state index contributed by atoms with van der Waals surface area (Å²) in [5.41, 5.74) is 0.429. The van der Waals surface area contributed by atoms with Gasteiger partial charge in [0.15, 0.2) is 0 Å². The number of carbonyl (C=O) groups is 1. The number of hydrogen-bond donors (Lipinski definition) is 0. The van der Waals surface area contributed by atoms with Crippen LogP contribution >= 0.6 is 11.6 Å². The van der Waals surface area contributed by atoms with Crippen LogP contribution < -0.4 is 0 Å². The molecule has 1 rings (SSSR count). The van der Waals surface area contributed by atoms with Gasteiger partial charge in [-0.05, 0) is 25.8 Å². The molecule has 0 N–H and O–H groups in total. The number of Topliss-reactive ketones (excluding diaryl/α,β-unsaturated/α-hetero) is 1. The van der Waals surface area contributed by atoms with Gasteiger partial charge in [-0.25, -0.2) is 0 Å². The van der Waals surface area contributed by atoms with Crippen molar-refractivity contribution in [3.05, 3.63) is 38.9 Å². The maximum absolute atomic E-state index is 11.4. The maximum Gasteiger partial charge on any atom is 0.274 e. The Morgan fingerprint density at radius 2 is 2.18 bits per heavy atom. The van der Waals surface area contributed by atoms with Crippen LogP contribution in [-0.4, -0.2) is 10.7 Å². The van der Waals surface area contributed by atoms with E-state index in [1.807, 2.05) is 6.92 Å². The molecule has 0 amide bonds. The minimum Gasteiger partial charge on any atom is -0.300 e. The van der Waals surface area contributed by atoms with Crippen LogP contribution in [0, 0.1) is 16.0 Å². The second-order valence-corrected chi connectivity index (χ2v) is 4.32. The normalized spacial score (nSPS) is 12.2. The van der Waals surface area contributed by atoms with Gasteiger partial charge in [-0.15, -0.1) is 0 Å². The lowest BCUT2D eigenvalue weighted by atomic mass is 9.93. The van der Waals surface area contributed by atoms with Gasteiger partial charge in [-0.2, -0.15) is 0 Å². The Balaban J connectivity index is 3.12. The molecule has 0 radical (unpaired) electrons. The molecule has 0 spiro atoms. The fourth-order valence-corrected chi connectivity index (χ4v) is 1.99. The number of nitro benzene ring substituents is 1. The monoisotopic (exact) mass is 255 g/mol. The molecule has 0 aliphatic heterocycles. The van der Waals surface area contributed by atoms with Crippen LogP contribution in [0.3, 0.4) is 0 Å². The van der Waals surface area contributed by atoms with E-state index in [0.717, 1.165) is 0 Å². The molecule has 0 saturated heterocycles. The lowest BCUT2D eigenvalue weighted by Crippen LogP contribution is -2.14. The number of hydrogen-bond acceptors (Lipinski definition) is 3. The van der Waals surface area contributed by atoms with E-state index in [1.54, 1.807) is 12.1 Å². The second kappa shape index (κ2) is 5.77. The maximum atomic E-state index is 11.4. The first-order chi connectivity index (χ1) is 7.97. The third-order valence-electron chi connectivity index (χ3n) is 2.81. The van der Waals surface area contributed by atoms with Gasteiger partial charge < -0.3 is 0 Å². The van der Waals surface area contributed by atoms with Crippen molar-refractivity contribution in [2.75, 3.05) is 0 Å². The highest BCUT2D eigenvalue weighted by Crippen LogP contribution is 2.29. The molecule has 17 heavy (non-hydrogen) atoms. The second-order valence-electron chi connectivity index (χ2n) is 3.91. The molecule has 0 heterocycles. The van der Waals surface area contributed by atoms with Crippen molar-refractivity contribution in [2.24, 2.45) is 5.92 Å². The van der Waals surface area contributed by atoms with E-state index in [0.29, 0.717) is 23.4 Å². The van der Waals surface area contributed by atoms with E-state index in [9.17, 15) is 14.9 Å². The van der Waals surface area contributed by atoms with E-state index in [1.165, 1.54) is 13.0 Å². The molecule has 1 aromatic carbocycles. The van der Waals surface area contributed by atoms with Crippen molar-refractivity contribution in [3.8, 4) is 0 Å². The highest BCUT2D eigenvalue weighted by Gasteiger charge is 2.21. The average molecular weight is 256 g/mol. The predicted octanol–water partition coefficient (Wildman–Crippen LogP) is 3.41. The van der Waals surface area contributed by atoms with E-state index in [-0.39, 0.29) is 17.4 Å². The molecule has 1 atom stereocenters. The van der Waals surface area contributed by atoms with Crippen molar-refractivity contribution < 1.29 is 9.72 Å². The third kappa shape index (κ3) is 3.27. The third-order valence-corrected chi connectivity index (χ3v) is 3.16. The Hall–Kier alpha value is -1.42. The minimum absolute atomic E-state index is 0.0165. The summed E-state index contributed by atoms with van der Waals surface area (Å²) in [6.45, 7) is 3.38. The molecule has 0 aromatic heterocycles. The summed E-state index contributed by atoms with van der Waals surface area (Å²) in [5.74, 6) is -0.185. The lowest BCUT2D eigenvalue weighted by Gasteiger charge is -2.12. The standard InChI is InChI=1S/C12H14ClNO3/c1-3-9(8(2)15)7-10-11(13)5-4-6-12(10)14(16)17/h4-6,9H,3,7H2,1-2H3. The zero-order chi connectivity index (χ0) is 13.0. The molecular weight excluding hydrogens is 242 g/mol. The van der Waals surface area contributed by atoms with E-state index in [2.05, 4.69) is 0 Å². The van der Waals surface area contributed by atoms with E-state index in [4.69, 9.17) is 11.6 Å². The summed E-state index contributed by atoms with van der Waals surface area (Å²) >= 11 is 5.96. The van der Waals surface area contributed by atoms with Crippen LogP contribution in [0.4, 0.5) is 5.69 Å². The van der Waals surface area contributed by atoms with Crippen LogP contribution in [0.5, 0.6) is 0 Å². The number of nitro groups is 1. The number of carbonyl (C=O) groups excluding carboxylic acids is 1. The number of nitrogens with zero attached hydrogens (tertiary/aromatic N) is 1. The first kappa shape index (κ1) is 13.6. The Morgan fingerprint density at radius 1 is 1.53 bits per heavy atom. The Labute approximate surface area is 105 Å². The lowest BCUT2D eigenvalue weighted by molar-refractivity contribution is -0.385. The van der Waals surface area contributed by atoms with Gasteiger partial charge in [0.25, 0.3) is 5.69 Å². The van der Waals surface area contributed by atoms with Crippen LogP contribution in [0.1, 0.15) is 25.8 Å². The van der Waals surface area contributed by atoms with Crippen LogP contribution in [0.25, 0.3) is 0 Å². The molecule has 92 valence electrons. The summed E-state index contributed by atoms with van der Waals surface area (Å²) in [6, 6.07) is 4.56. The van der Waals surface area contributed by atoms with Crippen LogP contribution in [0.15, 0.2) is 18.2 Å². The molecular formula is C12H14ClNO3. The van der Waals surface area contributed by atoms with Gasteiger partial charge in [0.2, 0.25) is 0 Å². The van der Waals surface area contributed by atoms with Crippen LogP contribution in [0.2, 0.25) is 5.02 Å². The smallest absolute Gasteiger partial charge is 0.274 e. The number of benzene rings is 1. The molecule has 0 saturated carbocycles. The van der Waals surface area contributed by atoms with Crippen molar-refractivity contribution in [2.45, 2.75) is 26.7 Å². The molecule has 1 unspecified atom stereocenters. The van der Waals surface area contributed by atoms with Crippen molar-refractivity contribution in [3.63, 3.8) is 0 Å². The summed E-state index contributed by atoms with van der Waals surface area (Å²) in [7, 11) is 0. The van der Waals surface area contributed by atoms with Gasteiger partial charge in [-0.1, -0.05) is 24.6 Å². The predicted molar refractivity (Wildman–Crippen MR) is 66.3 cm³/mol. The highest BCUT2D eigenvalue weighted by atomic mass is 35.5. The Morgan fingerprint density at radius 3 is 2.65 bits per heavy atom. The van der Waals surface area contributed by atoms with E-state index >= 15 is 0 Å². The molecule has 0 aliphatic rings. The molecule has 0 aliphatic carbocycles. The van der Waals surface area contributed by atoms with Gasteiger partial charge in [0.05, 0.1) is 9.95 Å². The quantitative estimate of drug-likeness (QED) is 0.598. The first-order valence-electron chi connectivity index (χ1n) is 5.39. The number of rotatable bonds is 5. The molecule has 1 aromatic rings. The molecule has 0 fully saturated rings. The summed E-state index contributed by atoms with van der Waals surface area (Å²) in [6.07, 6.45) is 0.972. The van der Waals surface area contributed by atoms with Gasteiger partial charge in [-0.3, -0.25) is 14.9 Å². The number of ketones is 1. The summed E-state index contributed by atoms with van der Waals surface area (Å²) in [4.78, 5) is 21.8. The van der Waals surface area contributed by atoms with Crippen molar-refractivity contribution in [1.29, 1.82) is 0 Å². The summed E-state index contributed by atoms with van der Waals surface area (Å²) in [5, 5.41) is 11.2. The fraction of sp³-hybridized carbons (Fsp3) is 0.417. The average Bonchev–Trinajstić information content (AvgIpc) is 2.26. The van der Waals surface area contributed by atoms with Crippen LogP contribution in [-0.2, 0) is 11.2 Å². The van der Waals surface area contributed by atoms with Crippen molar-refractivity contribution >= 4 is 23.1 Å². The summed E-state index contributed by atoms with van der Waals surface area (Å²) < 4.78 is 0. The SMILES string of the molecule is CCC(Cc1c(Cl)cccc1[N+](=O)[O-])C(C)=O. The first-order valence-corrected chi connectivity index (χ1v) is 5.77. The molecule has 5 heteroatoms. The Kier molecular flexibility index (Phi) is 4.63. The van der Waals surface area contributed by atoms with Gasteiger partial charge >= 0.3 is 0 Å². The van der Waals surface area contributed by atoms with Gasteiger partial charge in [0.1, 0.15) is 5.78 Å². The topological polar surface area (TPSA) is 60.2 Å². The Bertz CT molecular complexity index is 445. The zero-order valence-electron chi connectivity index (χ0n) is 9.77. The fourth-order valence-electron chi connectivity index (χ4n) is 1.74. The minimum atomic E-state index is -0.464. The number of halogens is 1. The zero-order valence-corrected chi connectivity index (χ0v) is 10.5. The molecule has 4 nitrogen and oxygen atoms in total. The van der Waals surface area contributed by atoms with Crippen molar-refractivity contribution in [1.82, 2.24) is 0 Å².